The van der Waals surface area contributed by atoms with Crippen LogP contribution < -0.4 is 0 Å². The van der Waals surface area contributed by atoms with Crippen molar-refractivity contribution < 1.29 is 4.74 Å². The molecule has 0 amide bonds. The van der Waals surface area contributed by atoms with E-state index in [1.807, 2.05) is 25.1 Å². The first-order chi connectivity index (χ1) is 9.61. The van der Waals surface area contributed by atoms with E-state index < -0.39 is 0 Å². The first kappa shape index (κ1) is 15.4. The fourth-order valence-electron chi connectivity index (χ4n) is 2.14. The lowest BCUT2D eigenvalue weighted by atomic mass is 9.99. The van der Waals surface area contributed by atoms with Gasteiger partial charge in [-0.15, -0.1) is 11.6 Å². The molecule has 0 fully saturated rings. The van der Waals surface area contributed by atoms with Crippen LogP contribution in [0, 0.1) is 6.92 Å². The van der Waals surface area contributed by atoms with Crippen LogP contribution in [0.1, 0.15) is 27.6 Å². The smallest absolute Gasteiger partial charge is 0.0838 e. The summed E-state index contributed by atoms with van der Waals surface area (Å²) in [6.45, 7) is 2.78. The lowest BCUT2D eigenvalue weighted by molar-refractivity contribution is 0.202. The minimum Gasteiger partial charge on any atom is -0.384 e. The molecule has 0 aromatic heterocycles. The highest BCUT2D eigenvalue weighted by molar-refractivity contribution is 6.31. The van der Waals surface area contributed by atoms with Gasteiger partial charge in [0.25, 0.3) is 0 Å². The molecule has 1 atom stereocenters. The molecule has 0 aliphatic carbocycles. The van der Waals surface area contributed by atoms with Gasteiger partial charge < -0.3 is 4.74 Å². The average molecular weight is 309 g/mol. The third-order valence-electron chi connectivity index (χ3n) is 3.38. The second-order valence-corrected chi connectivity index (χ2v) is 5.72. The Morgan fingerprint density at radius 2 is 1.80 bits per heavy atom. The first-order valence-electron chi connectivity index (χ1n) is 6.59. The second-order valence-electron chi connectivity index (χ2n) is 4.85. The standard InChI is InChI=1S/C17H18Cl2O/c1-12-3-8-15(18)11-16(12)17(19)14-6-4-13(5-7-14)9-10-20-2/h3-8,11,17H,9-10H2,1-2H3. The Balaban J connectivity index is 2.20. The van der Waals surface area contributed by atoms with Crippen molar-refractivity contribution in [3.63, 3.8) is 0 Å². The van der Waals surface area contributed by atoms with Crippen molar-refractivity contribution in [2.45, 2.75) is 18.7 Å². The van der Waals surface area contributed by atoms with E-state index >= 15 is 0 Å². The summed E-state index contributed by atoms with van der Waals surface area (Å²) in [5, 5.41) is 0.540. The summed E-state index contributed by atoms with van der Waals surface area (Å²) in [5.41, 5.74) is 4.54. The third-order valence-corrected chi connectivity index (χ3v) is 4.10. The summed E-state index contributed by atoms with van der Waals surface area (Å²) < 4.78 is 5.08. The van der Waals surface area contributed by atoms with Crippen LogP contribution in [0.3, 0.4) is 0 Å². The summed E-state index contributed by atoms with van der Waals surface area (Å²) in [4.78, 5) is 0. The van der Waals surface area contributed by atoms with Gasteiger partial charge >= 0.3 is 0 Å². The van der Waals surface area contributed by atoms with Crippen LogP contribution in [0.25, 0.3) is 0 Å². The number of halogens is 2. The molecule has 0 heterocycles. The Morgan fingerprint density at radius 3 is 2.45 bits per heavy atom. The maximum atomic E-state index is 6.58. The lowest BCUT2D eigenvalue weighted by Crippen LogP contribution is -1.98. The maximum absolute atomic E-state index is 6.58. The predicted molar refractivity (Wildman–Crippen MR) is 85.9 cm³/mol. The van der Waals surface area contributed by atoms with Gasteiger partial charge in [0.05, 0.1) is 12.0 Å². The molecule has 2 aromatic carbocycles. The van der Waals surface area contributed by atoms with Gasteiger partial charge in [0.15, 0.2) is 0 Å². The molecule has 0 saturated carbocycles. The Morgan fingerprint density at radius 1 is 1.10 bits per heavy atom. The van der Waals surface area contributed by atoms with Crippen LogP contribution in [-0.2, 0) is 11.2 Å². The van der Waals surface area contributed by atoms with E-state index in [9.17, 15) is 0 Å². The van der Waals surface area contributed by atoms with Gasteiger partial charge in [-0.1, -0.05) is 41.9 Å². The zero-order chi connectivity index (χ0) is 14.5. The normalized spacial score (nSPS) is 12.4. The number of alkyl halides is 1. The largest absolute Gasteiger partial charge is 0.384 e. The van der Waals surface area contributed by atoms with Crippen LogP contribution in [0.15, 0.2) is 42.5 Å². The molecule has 0 aliphatic heterocycles. The number of rotatable bonds is 5. The molecule has 1 unspecified atom stereocenters. The van der Waals surface area contributed by atoms with Gasteiger partial charge in [0.1, 0.15) is 0 Å². The molecule has 3 heteroatoms. The second kappa shape index (κ2) is 7.12. The summed E-state index contributed by atoms with van der Waals surface area (Å²) in [6, 6.07) is 14.2. The monoisotopic (exact) mass is 308 g/mol. The number of aryl methyl sites for hydroxylation is 1. The van der Waals surface area contributed by atoms with Gasteiger partial charge in [-0.2, -0.15) is 0 Å². The maximum Gasteiger partial charge on any atom is 0.0838 e. The van der Waals surface area contributed by atoms with E-state index in [-0.39, 0.29) is 5.38 Å². The van der Waals surface area contributed by atoms with Gasteiger partial charge in [-0.25, -0.2) is 0 Å². The Hall–Kier alpha value is -1.02. The third kappa shape index (κ3) is 3.76. The Kier molecular flexibility index (Phi) is 5.47. The molecule has 2 rings (SSSR count). The molecule has 0 N–H and O–H groups in total. The predicted octanol–water partition coefficient (Wildman–Crippen LogP) is 5.17. The summed E-state index contributed by atoms with van der Waals surface area (Å²) in [5.74, 6) is 0. The number of methoxy groups -OCH3 is 1. The zero-order valence-corrected chi connectivity index (χ0v) is 13.2. The fraction of sp³-hybridized carbons (Fsp3) is 0.294. The van der Waals surface area contributed by atoms with Crippen molar-refractivity contribution in [3.8, 4) is 0 Å². The highest BCUT2D eigenvalue weighted by atomic mass is 35.5. The molecule has 20 heavy (non-hydrogen) atoms. The van der Waals surface area contributed by atoms with Crippen LogP contribution in [0.5, 0.6) is 0 Å². The number of ether oxygens (including phenoxy) is 1. The lowest BCUT2D eigenvalue weighted by Gasteiger charge is -2.14. The summed E-state index contributed by atoms with van der Waals surface area (Å²) in [7, 11) is 1.71. The number of benzene rings is 2. The minimum atomic E-state index is -0.176. The Labute approximate surface area is 130 Å². The van der Waals surface area contributed by atoms with Crippen molar-refractivity contribution in [1.82, 2.24) is 0 Å². The average Bonchev–Trinajstić information content (AvgIpc) is 2.47. The highest BCUT2D eigenvalue weighted by Gasteiger charge is 2.13. The van der Waals surface area contributed by atoms with E-state index in [1.165, 1.54) is 5.56 Å². The molecule has 2 aromatic rings. The quantitative estimate of drug-likeness (QED) is 0.693. The number of hydrogen-bond donors (Lipinski definition) is 0. The first-order valence-corrected chi connectivity index (χ1v) is 7.41. The van der Waals surface area contributed by atoms with Crippen molar-refractivity contribution in [3.05, 3.63) is 69.7 Å². The van der Waals surface area contributed by atoms with Crippen LogP contribution >= 0.6 is 23.2 Å². The van der Waals surface area contributed by atoms with Crippen LogP contribution in [-0.4, -0.2) is 13.7 Å². The summed E-state index contributed by atoms with van der Waals surface area (Å²) >= 11 is 12.6. The zero-order valence-electron chi connectivity index (χ0n) is 11.7. The SMILES string of the molecule is COCCc1ccc(C(Cl)c2cc(Cl)ccc2C)cc1. The molecule has 1 nitrogen and oxygen atoms in total. The van der Waals surface area contributed by atoms with Gasteiger partial charge in [0, 0.05) is 12.1 Å². The molecular weight excluding hydrogens is 291 g/mol. The molecule has 0 saturated heterocycles. The summed E-state index contributed by atoms with van der Waals surface area (Å²) in [6.07, 6.45) is 0.917. The van der Waals surface area contributed by atoms with Crippen molar-refractivity contribution in [1.29, 1.82) is 0 Å². The Bertz CT molecular complexity index is 564. The molecule has 0 bridgehead atoms. The van der Waals surface area contributed by atoms with Crippen molar-refractivity contribution in [2.24, 2.45) is 0 Å². The molecule has 0 aliphatic rings. The van der Waals surface area contributed by atoms with E-state index in [1.54, 1.807) is 7.11 Å². The number of hydrogen-bond acceptors (Lipinski definition) is 1. The van der Waals surface area contributed by atoms with Gasteiger partial charge in [0.2, 0.25) is 0 Å². The van der Waals surface area contributed by atoms with Gasteiger partial charge in [-0.3, -0.25) is 0 Å². The van der Waals surface area contributed by atoms with Crippen molar-refractivity contribution in [2.75, 3.05) is 13.7 Å². The fourth-order valence-corrected chi connectivity index (χ4v) is 2.70. The highest BCUT2D eigenvalue weighted by Crippen LogP contribution is 2.32. The van der Waals surface area contributed by atoms with E-state index in [2.05, 4.69) is 24.3 Å². The van der Waals surface area contributed by atoms with Crippen LogP contribution in [0.2, 0.25) is 5.02 Å². The molecule has 106 valence electrons. The van der Waals surface area contributed by atoms with E-state index in [4.69, 9.17) is 27.9 Å². The van der Waals surface area contributed by atoms with E-state index in [0.29, 0.717) is 5.02 Å². The molecule has 0 spiro atoms. The topological polar surface area (TPSA) is 9.23 Å². The molecule has 0 radical (unpaired) electrons. The van der Waals surface area contributed by atoms with Crippen molar-refractivity contribution >= 4 is 23.2 Å². The minimum absolute atomic E-state index is 0.176. The molecular formula is C17H18Cl2O. The van der Waals surface area contributed by atoms with Crippen LogP contribution in [0.4, 0.5) is 0 Å². The van der Waals surface area contributed by atoms with Gasteiger partial charge in [-0.05, 0) is 47.7 Å². The van der Waals surface area contributed by atoms with E-state index in [0.717, 1.165) is 29.7 Å².